The van der Waals surface area contributed by atoms with Crippen molar-refractivity contribution in [1.29, 1.82) is 0 Å². The number of aromatic nitrogens is 1. The number of H-pyrrole nitrogens is 1. The summed E-state index contributed by atoms with van der Waals surface area (Å²) >= 11 is 0. The molecule has 0 radical (unpaired) electrons. The number of aryl methyl sites for hydroxylation is 1. The summed E-state index contributed by atoms with van der Waals surface area (Å²) < 4.78 is 4.81. The van der Waals surface area contributed by atoms with Crippen molar-refractivity contribution in [3.05, 3.63) is 23.5 Å². The predicted molar refractivity (Wildman–Crippen MR) is 125 cm³/mol. The van der Waals surface area contributed by atoms with Crippen LogP contribution in [0.15, 0.2) is 12.3 Å². The molecule has 0 saturated carbocycles. The highest BCUT2D eigenvalue weighted by atomic mass is 16.5. The number of aromatic amines is 1. The van der Waals surface area contributed by atoms with Crippen LogP contribution in [-0.4, -0.2) is 18.1 Å². The first kappa shape index (κ1) is 25.8. The normalized spacial score (nSPS) is 11.1. The van der Waals surface area contributed by atoms with E-state index in [1.807, 2.05) is 12.3 Å². The van der Waals surface area contributed by atoms with Crippen LogP contribution < -0.4 is 0 Å². The zero-order valence-corrected chi connectivity index (χ0v) is 19.4. The molecular weight excluding hydrogens is 358 g/mol. The number of methoxy groups -OCH3 is 1. The third-order valence-electron chi connectivity index (χ3n) is 6.02. The molecule has 168 valence electrons. The number of rotatable bonds is 20. The van der Waals surface area contributed by atoms with Gasteiger partial charge >= 0.3 is 5.97 Å². The second-order valence-electron chi connectivity index (χ2n) is 8.63. The van der Waals surface area contributed by atoms with Crippen LogP contribution in [0.4, 0.5) is 0 Å². The van der Waals surface area contributed by atoms with Gasteiger partial charge in [-0.15, -0.1) is 0 Å². The summed E-state index contributed by atoms with van der Waals surface area (Å²) in [6, 6.07) is 2.00. The van der Waals surface area contributed by atoms with Crippen molar-refractivity contribution in [2.45, 2.75) is 129 Å². The van der Waals surface area contributed by atoms with E-state index in [1.165, 1.54) is 116 Å². The molecule has 0 fully saturated rings. The molecule has 0 bridgehead atoms. The molecule has 0 saturated heterocycles. The minimum absolute atomic E-state index is 0.257. The van der Waals surface area contributed by atoms with Gasteiger partial charge in [0.1, 0.15) is 5.69 Å². The Kier molecular flexibility index (Phi) is 16.7. The largest absolute Gasteiger partial charge is 0.464 e. The van der Waals surface area contributed by atoms with E-state index in [0.717, 1.165) is 18.4 Å². The third-order valence-corrected chi connectivity index (χ3v) is 6.02. The van der Waals surface area contributed by atoms with Crippen molar-refractivity contribution >= 4 is 5.97 Å². The molecule has 1 heterocycles. The van der Waals surface area contributed by atoms with E-state index in [9.17, 15) is 4.79 Å². The molecule has 3 heteroatoms. The van der Waals surface area contributed by atoms with Gasteiger partial charge < -0.3 is 9.72 Å². The third kappa shape index (κ3) is 13.6. The van der Waals surface area contributed by atoms with Gasteiger partial charge in [0.15, 0.2) is 0 Å². The molecule has 0 atom stereocenters. The van der Waals surface area contributed by atoms with Gasteiger partial charge in [-0.2, -0.15) is 0 Å². The van der Waals surface area contributed by atoms with Gasteiger partial charge in [0.05, 0.1) is 7.11 Å². The highest BCUT2D eigenvalue weighted by molar-refractivity contribution is 5.88. The number of esters is 1. The lowest BCUT2D eigenvalue weighted by Gasteiger charge is -2.04. The Balaban J connectivity index is 1.80. The van der Waals surface area contributed by atoms with E-state index in [4.69, 9.17) is 4.74 Å². The summed E-state index contributed by atoms with van der Waals surface area (Å²) in [5, 5.41) is 0. The van der Waals surface area contributed by atoms with Gasteiger partial charge in [0, 0.05) is 6.20 Å². The topological polar surface area (TPSA) is 42.1 Å². The van der Waals surface area contributed by atoms with E-state index >= 15 is 0 Å². The second kappa shape index (κ2) is 18.8. The van der Waals surface area contributed by atoms with Crippen molar-refractivity contribution in [2.24, 2.45) is 0 Å². The lowest BCUT2D eigenvalue weighted by Crippen LogP contribution is -2.05. The van der Waals surface area contributed by atoms with Gasteiger partial charge in [0.2, 0.25) is 0 Å². The van der Waals surface area contributed by atoms with Crippen molar-refractivity contribution < 1.29 is 9.53 Å². The van der Waals surface area contributed by atoms with Crippen LogP contribution in [0.3, 0.4) is 0 Å². The molecule has 1 aromatic rings. The highest BCUT2D eigenvalue weighted by Gasteiger charge is 2.12. The Morgan fingerprint density at radius 1 is 0.724 bits per heavy atom. The Morgan fingerprint density at radius 3 is 1.55 bits per heavy atom. The number of carbonyl (C=O) groups excluding carboxylic acids is 1. The second-order valence-corrected chi connectivity index (χ2v) is 8.63. The van der Waals surface area contributed by atoms with Crippen LogP contribution in [0.1, 0.15) is 139 Å². The first-order valence-electron chi connectivity index (χ1n) is 12.5. The minimum atomic E-state index is -0.257. The molecule has 0 spiro atoms. The monoisotopic (exact) mass is 405 g/mol. The van der Waals surface area contributed by atoms with E-state index in [2.05, 4.69) is 11.9 Å². The molecule has 0 aromatic carbocycles. The maximum atomic E-state index is 11.6. The zero-order chi connectivity index (χ0) is 21.0. The Bertz CT molecular complexity index is 495. The van der Waals surface area contributed by atoms with E-state index in [0.29, 0.717) is 5.69 Å². The summed E-state index contributed by atoms with van der Waals surface area (Å²) in [5.41, 5.74) is 1.72. The summed E-state index contributed by atoms with van der Waals surface area (Å²) in [4.78, 5) is 14.6. The van der Waals surface area contributed by atoms with Crippen molar-refractivity contribution in [2.75, 3.05) is 7.11 Å². The molecule has 1 aromatic heterocycles. The fraction of sp³-hybridized carbons (Fsp3) is 0.808. The van der Waals surface area contributed by atoms with E-state index in [1.54, 1.807) is 0 Å². The standard InChI is InChI=1S/C26H47NO2/c1-3-4-5-6-7-8-9-10-11-12-13-14-15-16-17-18-19-20-21-24-22-23-27-25(24)26(28)29-2/h22-23,27H,3-21H2,1-2H3. The zero-order valence-electron chi connectivity index (χ0n) is 19.4. The Labute approximate surface area is 180 Å². The summed E-state index contributed by atoms with van der Waals surface area (Å²) in [6.07, 6.45) is 27.9. The first-order chi connectivity index (χ1) is 14.3. The van der Waals surface area contributed by atoms with E-state index < -0.39 is 0 Å². The number of hydrogen-bond acceptors (Lipinski definition) is 2. The summed E-state index contributed by atoms with van der Waals surface area (Å²) in [7, 11) is 1.43. The smallest absolute Gasteiger partial charge is 0.354 e. The summed E-state index contributed by atoms with van der Waals surface area (Å²) in [5.74, 6) is -0.257. The molecule has 0 amide bonds. The van der Waals surface area contributed by atoms with Crippen molar-refractivity contribution in [3.63, 3.8) is 0 Å². The molecule has 0 unspecified atom stereocenters. The number of unbranched alkanes of at least 4 members (excludes halogenated alkanes) is 17. The molecule has 0 aliphatic carbocycles. The van der Waals surface area contributed by atoms with Gasteiger partial charge in [-0.05, 0) is 24.5 Å². The van der Waals surface area contributed by atoms with Gasteiger partial charge in [-0.3, -0.25) is 0 Å². The fourth-order valence-electron chi connectivity index (χ4n) is 4.12. The molecule has 3 nitrogen and oxygen atoms in total. The van der Waals surface area contributed by atoms with Crippen LogP contribution >= 0.6 is 0 Å². The maximum Gasteiger partial charge on any atom is 0.354 e. The van der Waals surface area contributed by atoms with Crippen molar-refractivity contribution in [3.8, 4) is 0 Å². The van der Waals surface area contributed by atoms with Crippen LogP contribution in [0.5, 0.6) is 0 Å². The van der Waals surface area contributed by atoms with Gasteiger partial charge in [0.25, 0.3) is 0 Å². The lowest BCUT2D eigenvalue weighted by atomic mass is 10.0. The molecule has 29 heavy (non-hydrogen) atoms. The van der Waals surface area contributed by atoms with Crippen LogP contribution in [0.2, 0.25) is 0 Å². The average molecular weight is 406 g/mol. The maximum absolute atomic E-state index is 11.6. The average Bonchev–Trinajstić information content (AvgIpc) is 3.21. The van der Waals surface area contributed by atoms with Crippen LogP contribution in [0, 0.1) is 0 Å². The lowest BCUT2D eigenvalue weighted by molar-refractivity contribution is 0.0593. The van der Waals surface area contributed by atoms with Crippen LogP contribution in [-0.2, 0) is 11.2 Å². The minimum Gasteiger partial charge on any atom is -0.464 e. The van der Waals surface area contributed by atoms with E-state index in [-0.39, 0.29) is 5.97 Å². The molecular formula is C26H47NO2. The Morgan fingerprint density at radius 2 is 1.14 bits per heavy atom. The molecule has 1 rings (SSSR count). The van der Waals surface area contributed by atoms with Gasteiger partial charge in [-0.1, -0.05) is 116 Å². The fourth-order valence-corrected chi connectivity index (χ4v) is 4.12. The number of ether oxygens (including phenoxy) is 1. The molecule has 0 aliphatic heterocycles. The Hall–Kier alpha value is -1.25. The van der Waals surface area contributed by atoms with Gasteiger partial charge in [-0.25, -0.2) is 4.79 Å². The highest BCUT2D eigenvalue weighted by Crippen LogP contribution is 2.16. The number of nitrogens with one attached hydrogen (secondary N) is 1. The molecule has 0 aliphatic rings. The van der Waals surface area contributed by atoms with Crippen molar-refractivity contribution in [1.82, 2.24) is 4.98 Å². The van der Waals surface area contributed by atoms with Crippen LogP contribution in [0.25, 0.3) is 0 Å². The predicted octanol–water partition coefficient (Wildman–Crippen LogP) is 8.39. The number of carbonyl (C=O) groups is 1. The number of hydrogen-bond donors (Lipinski definition) is 1. The SMILES string of the molecule is CCCCCCCCCCCCCCCCCCCCc1cc[nH]c1C(=O)OC. The molecule has 1 N–H and O–H groups in total. The summed E-state index contributed by atoms with van der Waals surface area (Å²) in [6.45, 7) is 2.29. The first-order valence-corrected chi connectivity index (χ1v) is 12.5. The quantitative estimate of drug-likeness (QED) is 0.175.